The van der Waals surface area contributed by atoms with Crippen molar-refractivity contribution in [1.82, 2.24) is 19.8 Å². The van der Waals surface area contributed by atoms with Crippen molar-refractivity contribution >= 4 is 51.3 Å². The third-order valence-corrected chi connectivity index (χ3v) is 5.63. The fraction of sp³-hybridized carbons (Fsp3) is 0.100. The Morgan fingerprint density at radius 2 is 2.03 bits per heavy atom. The molecule has 0 radical (unpaired) electrons. The number of nitro benzene ring substituents is 1. The van der Waals surface area contributed by atoms with Crippen LogP contribution in [0.5, 0.6) is 0 Å². The van der Waals surface area contributed by atoms with Gasteiger partial charge in [-0.05, 0) is 42.0 Å². The van der Waals surface area contributed by atoms with Gasteiger partial charge < -0.3 is 5.32 Å². The predicted octanol–water partition coefficient (Wildman–Crippen LogP) is 4.63. The zero-order valence-electron chi connectivity index (χ0n) is 16.2. The number of aromatic nitrogens is 4. The molecule has 0 atom stereocenters. The maximum Gasteiger partial charge on any atom is 0.288 e. The van der Waals surface area contributed by atoms with Gasteiger partial charge in [-0.3, -0.25) is 14.9 Å². The van der Waals surface area contributed by atoms with E-state index in [1.54, 1.807) is 22.7 Å². The molecule has 0 unspecified atom stereocenters. The number of hydrogen-bond donors (Lipinski definition) is 1. The van der Waals surface area contributed by atoms with Crippen LogP contribution in [0.4, 0.5) is 11.4 Å². The molecule has 0 aliphatic carbocycles. The number of hydrogen-bond acceptors (Lipinski definition) is 7. The fourth-order valence-corrected chi connectivity index (χ4v) is 3.87. The Morgan fingerprint density at radius 1 is 1.26 bits per heavy atom. The third-order valence-electron chi connectivity index (χ3n) is 4.37. The van der Waals surface area contributed by atoms with Crippen molar-refractivity contribution in [2.45, 2.75) is 13.3 Å². The number of halogens is 1. The van der Waals surface area contributed by atoms with Crippen LogP contribution in [0.3, 0.4) is 0 Å². The van der Waals surface area contributed by atoms with Crippen LogP contribution in [0.15, 0.2) is 48.5 Å². The molecule has 0 aliphatic rings. The summed E-state index contributed by atoms with van der Waals surface area (Å²) in [5.41, 5.74) is 1.80. The number of anilines is 1. The van der Waals surface area contributed by atoms with Crippen molar-refractivity contribution in [3.8, 4) is 10.6 Å². The van der Waals surface area contributed by atoms with Crippen molar-refractivity contribution in [2.24, 2.45) is 0 Å². The van der Waals surface area contributed by atoms with Crippen LogP contribution in [0, 0.1) is 10.1 Å². The normalized spacial score (nSPS) is 11.3. The maximum atomic E-state index is 12.2. The lowest BCUT2D eigenvalue weighted by Crippen LogP contribution is -2.07. The Kier molecular flexibility index (Phi) is 5.74. The van der Waals surface area contributed by atoms with Crippen LogP contribution >= 0.6 is 22.9 Å². The minimum atomic E-state index is -0.569. The Labute approximate surface area is 185 Å². The first kappa shape index (κ1) is 20.6. The van der Waals surface area contributed by atoms with Crippen LogP contribution in [-0.2, 0) is 11.2 Å². The Hall–Kier alpha value is -3.63. The molecule has 4 rings (SSSR count). The van der Waals surface area contributed by atoms with Gasteiger partial charge in [0.05, 0.1) is 4.92 Å². The van der Waals surface area contributed by atoms with Gasteiger partial charge in [0, 0.05) is 29.8 Å². The first-order valence-electron chi connectivity index (χ1n) is 9.19. The number of carbonyl (C=O) groups is 1. The van der Waals surface area contributed by atoms with E-state index in [1.807, 2.05) is 19.1 Å². The highest BCUT2D eigenvalue weighted by Gasteiger charge is 2.13. The molecule has 11 heteroatoms. The first-order valence-corrected chi connectivity index (χ1v) is 10.4. The largest absolute Gasteiger partial charge is 0.323 e. The molecule has 4 aromatic rings. The van der Waals surface area contributed by atoms with Gasteiger partial charge in [0.1, 0.15) is 10.0 Å². The topological polar surface area (TPSA) is 115 Å². The number of nitro groups is 1. The molecule has 0 fully saturated rings. The van der Waals surface area contributed by atoms with E-state index in [0.717, 1.165) is 27.8 Å². The van der Waals surface area contributed by atoms with Crippen LogP contribution < -0.4 is 5.32 Å². The molecule has 9 nitrogen and oxygen atoms in total. The second kappa shape index (κ2) is 8.62. The van der Waals surface area contributed by atoms with Gasteiger partial charge in [-0.25, -0.2) is 0 Å². The van der Waals surface area contributed by atoms with Crippen molar-refractivity contribution in [2.75, 3.05) is 5.32 Å². The van der Waals surface area contributed by atoms with Gasteiger partial charge in [-0.2, -0.15) is 9.61 Å². The number of nitrogens with one attached hydrogen (secondary N) is 1. The van der Waals surface area contributed by atoms with Gasteiger partial charge in [0.2, 0.25) is 10.9 Å². The molecule has 2 heterocycles. The monoisotopic (exact) mass is 454 g/mol. The van der Waals surface area contributed by atoms with Gasteiger partial charge in [-0.15, -0.1) is 10.2 Å². The maximum absolute atomic E-state index is 12.2. The number of benzene rings is 2. The lowest BCUT2D eigenvalue weighted by atomic mass is 10.2. The van der Waals surface area contributed by atoms with Gasteiger partial charge in [0.25, 0.3) is 5.69 Å². The van der Waals surface area contributed by atoms with Gasteiger partial charge >= 0.3 is 0 Å². The second-order valence-corrected chi connectivity index (χ2v) is 7.80. The fourth-order valence-electron chi connectivity index (χ4n) is 2.82. The number of nitrogens with zero attached hydrogens (tertiary/aromatic N) is 5. The van der Waals surface area contributed by atoms with E-state index < -0.39 is 4.92 Å². The molecular weight excluding hydrogens is 440 g/mol. The molecule has 0 saturated heterocycles. The lowest BCUT2D eigenvalue weighted by molar-refractivity contribution is -0.384. The number of rotatable bonds is 6. The Bertz CT molecular complexity index is 1310. The molecule has 1 amide bonds. The summed E-state index contributed by atoms with van der Waals surface area (Å²) in [5, 5.41) is 27.3. The summed E-state index contributed by atoms with van der Waals surface area (Å²) in [7, 11) is 0. The molecule has 2 aromatic heterocycles. The number of amides is 1. The van der Waals surface area contributed by atoms with E-state index in [-0.39, 0.29) is 16.6 Å². The molecule has 156 valence electrons. The predicted molar refractivity (Wildman–Crippen MR) is 119 cm³/mol. The van der Waals surface area contributed by atoms with Gasteiger partial charge in [0.15, 0.2) is 5.82 Å². The summed E-state index contributed by atoms with van der Waals surface area (Å²) in [5.74, 6) is 0.441. The van der Waals surface area contributed by atoms with Crippen LogP contribution in [-0.4, -0.2) is 30.6 Å². The summed E-state index contributed by atoms with van der Waals surface area (Å²) in [6.07, 6.45) is 3.53. The Morgan fingerprint density at radius 3 is 2.74 bits per heavy atom. The highest BCUT2D eigenvalue weighted by molar-refractivity contribution is 7.19. The molecular formula is C20H15ClN6O3S. The van der Waals surface area contributed by atoms with E-state index in [0.29, 0.717) is 11.3 Å². The standard InChI is InChI=1S/C20H15ClN6O3S/c1-2-17-23-24-20-26(17)25-19(31-20)13-5-7-14(8-6-13)22-18(28)10-4-12-3-9-15(21)16(11-12)27(29)30/h3-11H,2H2,1H3,(H,22,28). The second-order valence-electron chi connectivity index (χ2n) is 6.44. The van der Waals surface area contributed by atoms with Crippen molar-refractivity contribution < 1.29 is 9.72 Å². The summed E-state index contributed by atoms with van der Waals surface area (Å²) in [4.78, 5) is 23.3. The van der Waals surface area contributed by atoms with Crippen LogP contribution in [0.25, 0.3) is 21.6 Å². The molecule has 1 N–H and O–H groups in total. The minimum Gasteiger partial charge on any atom is -0.323 e. The first-order chi connectivity index (χ1) is 14.9. The van der Waals surface area contributed by atoms with E-state index in [9.17, 15) is 14.9 Å². The van der Waals surface area contributed by atoms with Crippen LogP contribution in [0.1, 0.15) is 18.3 Å². The summed E-state index contributed by atoms with van der Waals surface area (Å²) >= 11 is 7.23. The van der Waals surface area contributed by atoms with Crippen LogP contribution in [0.2, 0.25) is 5.02 Å². The van der Waals surface area contributed by atoms with E-state index in [1.165, 1.54) is 35.6 Å². The Balaban J connectivity index is 1.44. The smallest absolute Gasteiger partial charge is 0.288 e. The average Bonchev–Trinajstić information content (AvgIpc) is 3.34. The summed E-state index contributed by atoms with van der Waals surface area (Å²) < 4.78 is 1.74. The quantitative estimate of drug-likeness (QED) is 0.258. The molecule has 0 spiro atoms. The van der Waals surface area contributed by atoms with Gasteiger partial charge in [-0.1, -0.05) is 35.9 Å². The average molecular weight is 455 g/mol. The zero-order chi connectivity index (χ0) is 22.0. The zero-order valence-corrected chi connectivity index (χ0v) is 17.7. The summed E-state index contributed by atoms with van der Waals surface area (Å²) in [6, 6.07) is 11.6. The third kappa shape index (κ3) is 4.44. The number of fused-ring (bicyclic) bond motifs is 1. The number of carbonyl (C=O) groups excluding carboxylic acids is 1. The SMILES string of the molecule is CCc1nnc2sc(-c3ccc(NC(=O)C=Cc4ccc(Cl)c([N+](=O)[O-])c4)cc3)nn12. The highest BCUT2D eigenvalue weighted by atomic mass is 35.5. The summed E-state index contributed by atoms with van der Waals surface area (Å²) in [6.45, 7) is 2.00. The molecule has 0 bridgehead atoms. The van der Waals surface area contributed by atoms with E-state index >= 15 is 0 Å². The van der Waals surface area contributed by atoms with Crippen molar-refractivity contribution in [1.29, 1.82) is 0 Å². The molecule has 0 aliphatic heterocycles. The highest BCUT2D eigenvalue weighted by Crippen LogP contribution is 2.27. The van der Waals surface area contributed by atoms with Crippen molar-refractivity contribution in [3.05, 3.63) is 75.1 Å². The molecule has 31 heavy (non-hydrogen) atoms. The minimum absolute atomic E-state index is 0.0439. The molecule has 0 saturated carbocycles. The lowest BCUT2D eigenvalue weighted by Gasteiger charge is -2.03. The van der Waals surface area contributed by atoms with Crippen molar-refractivity contribution in [3.63, 3.8) is 0 Å². The van der Waals surface area contributed by atoms with E-state index in [4.69, 9.17) is 11.6 Å². The number of aryl methyl sites for hydroxylation is 1. The molecule has 2 aromatic carbocycles. The van der Waals surface area contributed by atoms with E-state index in [2.05, 4.69) is 20.6 Å².